The van der Waals surface area contributed by atoms with E-state index in [2.05, 4.69) is 5.32 Å². The van der Waals surface area contributed by atoms with Crippen molar-refractivity contribution in [2.24, 2.45) is 29.4 Å². The largest absolute Gasteiger partial charge is 0.507 e. The summed E-state index contributed by atoms with van der Waals surface area (Å²) in [5.74, 6) is -10.6. The Hall–Kier alpha value is -3.16. The van der Waals surface area contributed by atoms with E-state index in [1.165, 1.54) is 0 Å². The maximum Gasteiger partial charge on any atom is 0.417 e. The quantitative estimate of drug-likeness (QED) is 0.338. The number of amides is 1. The molecule has 0 radical (unpaired) electrons. The van der Waals surface area contributed by atoms with Crippen molar-refractivity contribution in [1.82, 2.24) is 10.2 Å². The van der Waals surface area contributed by atoms with E-state index in [9.17, 15) is 42.6 Å². The number of benzene rings is 1. The van der Waals surface area contributed by atoms with E-state index in [1.54, 1.807) is 4.90 Å². The molecule has 2 heterocycles. The van der Waals surface area contributed by atoms with Crippen molar-refractivity contribution in [2.75, 3.05) is 19.6 Å². The third kappa shape index (κ3) is 3.56. The number of primary amides is 1. The average Bonchev–Trinajstić information content (AvgIpc) is 3.36. The predicted molar refractivity (Wildman–Crippen MR) is 132 cm³/mol. The zero-order valence-electron chi connectivity index (χ0n) is 21.4. The van der Waals surface area contributed by atoms with Crippen molar-refractivity contribution >= 4 is 29.0 Å². The summed E-state index contributed by atoms with van der Waals surface area (Å²) in [4.78, 5) is 55.0. The number of aromatic hydroxyl groups is 1. The highest BCUT2D eigenvalue weighted by atomic mass is 19.4. The van der Waals surface area contributed by atoms with E-state index < -0.39 is 98.9 Å². The SMILES string of the molecule is N=C1C(C(N)=O)C(=O)C(N2CCC2)C2CC3Cc4c(c(O)cc(C5CCCN5)c4C(F)(F)F)C(=O)C3C(=O)C12O. The number of nitrogens with two attached hydrogens (primary N) is 1. The number of alkyl halides is 3. The van der Waals surface area contributed by atoms with Gasteiger partial charge in [0.2, 0.25) is 5.91 Å². The van der Waals surface area contributed by atoms with E-state index in [1.807, 2.05) is 0 Å². The smallest absolute Gasteiger partial charge is 0.417 e. The Morgan fingerprint density at radius 1 is 1.20 bits per heavy atom. The second-order valence-electron chi connectivity index (χ2n) is 11.6. The van der Waals surface area contributed by atoms with Gasteiger partial charge in [-0.15, -0.1) is 0 Å². The van der Waals surface area contributed by atoms with Gasteiger partial charge in [0.15, 0.2) is 23.0 Å². The van der Waals surface area contributed by atoms with Crippen LogP contribution in [0.25, 0.3) is 0 Å². The molecule has 1 aromatic rings. The molecule has 6 N–H and O–H groups in total. The lowest BCUT2D eigenvalue weighted by atomic mass is 9.51. The van der Waals surface area contributed by atoms with Crippen LogP contribution in [-0.2, 0) is 27.0 Å². The van der Waals surface area contributed by atoms with Gasteiger partial charge < -0.3 is 26.7 Å². The third-order valence-corrected chi connectivity index (χ3v) is 9.60. The first-order valence-electron chi connectivity index (χ1n) is 13.4. The lowest BCUT2D eigenvalue weighted by Gasteiger charge is -2.56. The number of phenolic OH excluding ortho intramolecular Hbond substituents is 1. The van der Waals surface area contributed by atoms with Crippen LogP contribution in [0.3, 0.4) is 0 Å². The lowest BCUT2D eigenvalue weighted by molar-refractivity contribution is -0.160. The molecule has 0 aromatic heterocycles. The summed E-state index contributed by atoms with van der Waals surface area (Å²) in [6.07, 6.45) is -3.68. The Labute approximate surface area is 226 Å². The van der Waals surface area contributed by atoms with E-state index >= 15 is 0 Å². The van der Waals surface area contributed by atoms with Gasteiger partial charge in [-0.05, 0) is 61.8 Å². The van der Waals surface area contributed by atoms with E-state index in [0.29, 0.717) is 38.9 Å². The summed E-state index contributed by atoms with van der Waals surface area (Å²) in [5.41, 5.74) is -0.368. The molecule has 1 aromatic carbocycles. The highest BCUT2D eigenvalue weighted by Gasteiger charge is 2.68. The van der Waals surface area contributed by atoms with Crippen molar-refractivity contribution in [3.63, 3.8) is 0 Å². The molecule has 2 saturated carbocycles. The number of carbonyl (C=O) groups excluding carboxylic acids is 4. The third-order valence-electron chi connectivity index (χ3n) is 9.60. The van der Waals surface area contributed by atoms with Gasteiger partial charge in [-0.25, -0.2) is 0 Å². The number of halogens is 3. The normalized spacial score (nSPS) is 36.1. The summed E-state index contributed by atoms with van der Waals surface area (Å²) < 4.78 is 43.7. The maximum atomic E-state index is 14.6. The van der Waals surface area contributed by atoms with Gasteiger partial charge >= 0.3 is 6.18 Å². The van der Waals surface area contributed by atoms with Gasteiger partial charge in [0, 0.05) is 25.0 Å². The van der Waals surface area contributed by atoms with Crippen LogP contribution in [0.2, 0.25) is 0 Å². The summed E-state index contributed by atoms with van der Waals surface area (Å²) in [6, 6.07) is -0.897. The molecule has 6 rings (SSSR count). The van der Waals surface area contributed by atoms with E-state index in [0.717, 1.165) is 6.07 Å². The number of aliphatic hydroxyl groups is 1. The molecule has 5 aliphatic rings. The molecule has 0 bridgehead atoms. The van der Waals surface area contributed by atoms with Crippen LogP contribution in [-0.4, -0.2) is 75.4 Å². The number of likely N-dealkylation sites (tertiary alicyclic amines) is 1. The van der Waals surface area contributed by atoms with Gasteiger partial charge in [0.1, 0.15) is 11.7 Å². The van der Waals surface area contributed by atoms with Crippen LogP contribution in [0.5, 0.6) is 5.75 Å². The summed E-state index contributed by atoms with van der Waals surface area (Å²) in [7, 11) is 0. The minimum atomic E-state index is -4.86. The number of nitrogens with zero attached hydrogens (tertiary/aromatic N) is 1. The first-order valence-corrected chi connectivity index (χ1v) is 13.4. The van der Waals surface area contributed by atoms with Crippen LogP contribution in [0.1, 0.15) is 58.8 Å². The first kappa shape index (κ1) is 27.0. The molecule has 214 valence electrons. The molecular formula is C27H29F3N4O6. The Bertz CT molecular complexity index is 1370. The Morgan fingerprint density at radius 3 is 2.45 bits per heavy atom. The van der Waals surface area contributed by atoms with Crippen LogP contribution in [0.4, 0.5) is 13.2 Å². The molecule has 4 fully saturated rings. The number of nitrogens with one attached hydrogen (secondary N) is 2. The molecule has 2 aliphatic heterocycles. The molecule has 7 atom stereocenters. The Kier molecular flexibility index (Phi) is 6.03. The number of ketones is 3. The Morgan fingerprint density at radius 2 is 1.90 bits per heavy atom. The molecule has 0 spiro atoms. The van der Waals surface area contributed by atoms with Gasteiger partial charge in [-0.3, -0.25) is 24.1 Å². The molecule has 1 amide bonds. The summed E-state index contributed by atoms with van der Waals surface area (Å²) >= 11 is 0. The highest BCUT2D eigenvalue weighted by Crippen LogP contribution is 2.54. The van der Waals surface area contributed by atoms with Crippen LogP contribution >= 0.6 is 0 Å². The van der Waals surface area contributed by atoms with Crippen molar-refractivity contribution in [1.29, 1.82) is 5.41 Å². The van der Waals surface area contributed by atoms with Crippen molar-refractivity contribution in [3.8, 4) is 5.75 Å². The van der Waals surface area contributed by atoms with Gasteiger partial charge in [0.25, 0.3) is 0 Å². The van der Waals surface area contributed by atoms with E-state index in [4.69, 9.17) is 11.1 Å². The number of phenols is 1. The van der Waals surface area contributed by atoms with E-state index in [-0.39, 0.29) is 18.4 Å². The van der Waals surface area contributed by atoms with Gasteiger partial charge in [-0.1, -0.05) is 0 Å². The number of hydrogen-bond acceptors (Lipinski definition) is 9. The summed E-state index contributed by atoms with van der Waals surface area (Å²) in [6.45, 7) is 1.35. The molecule has 13 heteroatoms. The number of fused-ring (bicyclic) bond motifs is 3. The molecule has 7 unspecified atom stereocenters. The topological polar surface area (TPSA) is 174 Å². The van der Waals surface area contributed by atoms with Crippen molar-refractivity contribution in [2.45, 2.75) is 56.0 Å². The van der Waals surface area contributed by atoms with Crippen LogP contribution in [0, 0.1) is 29.1 Å². The summed E-state index contributed by atoms with van der Waals surface area (Å²) in [5, 5.41) is 34.2. The predicted octanol–water partition coefficient (Wildman–Crippen LogP) is 0.905. The Balaban J connectivity index is 1.50. The average molecular weight is 563 g/mol. The van der Waals surface area contributed by atoms with Crippen molar-refractivity contribution < 1.29 is 42.6 Å². The number of rotatable bonds is 3. The van der Waals surface area contributed by atoms with Crippen LogP contribution in [0.15, 0.2) is 6.07 Å². The fraction of sp³-hybridized carbons (Fsp3) is 0.593. The number of hydrogen-bond donors (Lipinski definition) is 5. The maximum absolute atomic E-state index is 14.6. The second-order valence-corrected chi connectivity index (χ2v) is 11.6. The monoisotopic (exact) mass is 562 g/mol. The van der Waals surface area contributed by atoms with Crippen molar-refractivity contribution in [3.05, 3.63) is 28.3 Å². The molecule has 3 aliphatic carbocycles. The number of Topliss-reactive ketones (excluding diaryl/α,β-unsaturated/α-hetero) is 3. The minimum Gasteiger partial charge on any atom is -0.507 e. The zero-order chi connectivity index (χ0) is 28.9. The zero-order valence-corrected chi connectivity index (χ0v) is 21.4. The first-order chi connectivity index (χ1) is 18.8. The standard InChI is InChI=1S/C27H29F3N4O6/c28-27(29,30)19-11(14-3-1-4-33-14)9-15(35)17-12(19)7-10-8-13-20(34-5-2-6-34)22(37)18(25(32)39)23(31)26(13,40)24(38)16(10)21(17)36/h9-10,13-14,16,18,20,31,33,35,40H,1-8H2,(H2,32,39). The minimum absolute atomic E-state index is 0.163. The number of carbonyl (C=O) groups is 4. The van der Waals surface area contributed by atoms with Gasteiger partial charge in [0.05, 0.1) is 28.8 Å². The second kappa shape index (κ2) is 8.92. The lowest BCUT2D eigenvalue weighted by Crippen LogP contribution is -2.75. The molecular weight excluding hydrogens is 533 g/mol. The molecule has 10 nitrogen and oxygen atoms in total. The van der Waals surface area contributed by atoms with Gasteiger partial charge in [-0.2, -0.15) is 13.2 Å². The molecule has 40 heavy (non-hydrogen) atoms. The highest BCUT2D eigenvalue weighted by molar-refractivity contribution is 6.33. The fourth-order valence-corrected chi connectivity index (χ4v) is 7.76. The fourth-order valence-electron chi connectivity index (χ4n) is 7.76. The molecule has 2 saturated heterocycles. The van der Waals surface area contributed by atoms with Crippen LogP contribution < -0.4 is 11.1 Å².